The van der Waals surface area contributed by atoms with Crippen molar-refractivity contribution in [3.63, 3.8) is 0 Å². The fraction of sp³-hybridized carbons (Fsp3) is 0.344. The van der Waals surface area contributed by atoms with Crippen molar-refractivity contribution in [1.29, 1.82) is 0 Å². The van der Waals surface area contributed by atoms with Gasteiger partial charge in [-0.25, -0.2) is 4.98 Å². The second kappa shape index (κ2) is 10.9. The molecule has 0 aliphatic carbocycles. The third-order valence-electron chi connectivity index (χ3n) is 7.79. The number of hydrogen-bond acceptors (Lipinski definition) is 4. The summed E-state index contributed by atoms with van der Waals surface area (Å²) in [5.74, 6) is 2.13. The zero-order valence-corrected chi connectivity index (χ0v) is 22.4. The Morgan fingerprint density at radius 2 is 1.49 bits per heavy atom. The monoisotopic (exact) mass is 494 g/mol. The van der Waals surface area contributed by atoms with Crippen LogP contribution < -0.4 is 10.1 Å². The second-order valence-electron chi connectivity index (χ2n) is 10.2. The highest BCUT2D eigenvalue weighted by Gasteiger charge is 2.52. The molecule has 5 heteroatoms. The molecule has 1 saturated heterocycles. The van der Waals surface area contributed by atoms with Gasteiger partial charge in [0.05, 0.1) is 24.0 Å². The Labute approximate surface area is 220 Å². The Balaban J connectivity index is 1.84. The summed E-state index contributed by atoms with van der Waals surface area (Å²) in [6.45, 7) is 10.7. The summed E-state index contributed by atoms with van der Waals surface area (Å²) < 4.78 is 5.60. The molecular formula is C32H38N4O. The van der Waals surface area contributed by atoms with Crippen LogP contribution in [0.5, 0.6) is 5.75 Å². The number of hydrogen-bond donors (Lipinski definition) is 2. The first-order valence-corrected chi connectivity index (χ1v) is 13.3. The molecule has 1 fully saturated rings. The highest BCUT2D eigenvalue weighted by atomic mass is 16.5. The van der Waals surface area contributed by atoms with Crippen LogP contribution in [0, 0.1) is 12.8 Å². The Hall–Kier alpha value is -3.41. The minimum Gasteiger partial charge on any atom is -0.497 e. The maximum atomic E-state index is 5.60. The third kappa shape index (κ3) is 4.70. The third-order valence-corrected chi connectivity index (χ3v) is 7.79. The van der Waals surface area contributed by atoms with Crippen molar-refractivity contribution in [2.45, 2.75) is 32.2 Å². The van der Waals surface area contributed by atoms with E-state index in [2.05, 4.69) is 115 Å². The molecule has 192 valence electrons. The highest BCUT2D eigenvalue weighted by Crippen LogP contribution is 2.52. The Bertz CT molecular complexity index is 1260. The van der Waals surface area contributed by atoms with Crippen LogP contribution in [0.1, 0.15) is 42.4 Å². The van der Waals surface area contributed by atoms with Gasteiger partial charge in [-0.1, -0.05) is 86.6 Å². The molecule has 0 bridgehead atoms. The van der Waals surface area contributed by atoms with Crippen LogP contribution in [0.25, 0.3) is 11.3 Å². The standard InChI is InChI=1S/C32H38N4O/c1-23(2)32(36-20-18-33-19-21-36,29(25-12-7-5-8-13-25)26-14-9-6-10-15-26)31-30(34-24(3)35-31)27-16-11-17-28(22-27)37-4/h5-17,22-23,29,33H,18-21H2,1-4H3,(H,34,35). The summed E-state index contributed by atoms with van der Waals surface area (Å²) in [7, 11) is 1.72. The molecule has 1 aromatic heterocycles. The van der Waals surface area contributed by atoms with E-state index in [4.69, 9.17) is 9.72 Å². The predicted molar refractivity (Wildman–Crippen MR) is 151 cm³/mol. The number of rotatable bonds is 8. The van der Waals surface area contributed by atoms with Crippen molar-refractivity contribution in [1.82, 2.24) is 20.2 Å². The van der Waals surface area contributed by atoms with Gasteiger partial charge in [-0.15, -0.1) is 0 Å². The average molecular weight is 495 g/mol. The molecule has 4 aromatic rings. The first-order valence-electron chi connectivity index (χ1n) is 13.3. The number of methoxy groups -OCH3 is 1. The zero-order chi connectivity index (χ0) is 25.8. The summed E-state index contributed by atoms with van der Waals surface area (Å²) in [4.78, 5) is 11.6. The molecule has 3 aromatic carbocycles. The molecule has 0 saturated carbocycles. The highest BCUT2D eigenvalue weighted by molar-refractivity contribution is 5.66. The quantitative estimate of drug-likeness (QED) is 0.316. The van der Waals surface area contributed by atoms with E-state index in [0.29, 0.717) is 0 Å². The van der Waals surface area contributed by atoms with Crippen LogP contribution >= 0.6 is 0 Å². The van der Waals surface area contributed by atoms with Crippen LogP contribution in [0.3, 0.4) is 0 Å². The number of H-pyrrole nitrogens is 1. The number of aromatic amines is 1. The Kier molecular flexibility index (Phi) is 7.45. The van der Waals surface area contributed by atoms with Gasteiger partial charge in [0.2, 0.25) is 0 Å². The SMILES string of the molecule is COc1cccc(-c2nc(C)[nH]c2C(C(C)C)(C(c2ccccc2)c2ccccc2)N2CCNCC2)c1. The van der Waals surface area contributed by atoms with Gasteiger partial charge in [-0.3, -0.25) is 4.90 Å². The molecular weight excluding hydrogens is 456 g/mol. The van der Waals surface area contributed by atoms with Gasteiger partial charge in [0.1, 0.15) is 11.6 Å². The molecule has 0 radical (unpaired) electrons. The van der Waals surface area contributed by atoms with E-state index >= 15 is 0 Å². The van der Waals surface area contributed by atoms with E-state index < -0.39 is 0 Å². The van der Waals surface area contributed by atoms with E-state index in [-0.39, 0.29) is 17.4 Å². The van der Waals surface area contributed by atoms with Crippen LogP contribution in [0.4, 0.5) is 0 Å². The first kappa shape index (κ1) is 25.2. The predicted octanol–water partition coefficient (Wildman–Crippen LogP) is 5.98. The van der Waals surface area contributed by atoms with Crippen molar-refractivity contribution in [3.05, 3.63) is 108 Å². The van der Waals surface area contributed by atoms with Gasteiger partial charge in [0.25, 0.3) is 0 Å². The van der Waals surface area contributed by atoms with Crippen LogP contribution in [0.15, 0.2) is 84.9 Å². The molecule has 37 heavy (non-hydrogen) atoms. The van der Waals surface area contributed by atoms with Crippen LogP contribution in [-0.2, 0) is 5.54 Å². The molecule has 2 N–H and O–H groups in total. The summed E-state index contributed by atoms with van der Waals surface area (Å²) in [6.07, 6.45) is 0. The van der Waals surface area contributed by atoms with Crippen molar-refractivity contribution < 1.29 is 4.74 Å². The lowest BCUT2D eigenvalue weighted by molar-refractivity contribution is 0.0117. The van der Waals surface area contributed by atoms with E-state index in [9.17, 15) is 0 Å². The molecule has 2 heterocycles. The van der Waals surface area contributed by atoms with Gasteiger partial charge in [-0.05, 0) is 36.1 Å². The molecule has 1 atom stereocenters. The smallest absolute Gasteiger partial charge is 0.119 e. The van der Waals surface area contributed by atoms with Crippen molar-refractivity contribution >= 4 is 0 Å². The molecule has 5 rings (SSSR count). The van der Waals surface area contributed by atoms with Gasteiger partial charge < -0.3 is 15.0 Å². The summed E-state index contributed by atoms with van der Waals surface area (Å²) in [6, 6.07) is 30.3. The van der Waals surface area contributed by atoms with Gasteiger partial charge in [0, 0.05) is 37.7 Å². The number of aromatic nitrogens is 2. The molecule has 1 aliphatic rings. The maximum absolute atomic E-state index is 5.60. The molecule has 0 amide bonds. The van der Waals surface area contributed by atoms with E-state index in [1.165, 1.54) is 16.8 Å². The number of imidazole rings is 1. The lowest BCUT2D eigenvalue weighted by Gasteiger charge is -2.53. The van der Waals surface area contributed by atoms with Crippen molar-refractivity contribution in [2.24, 2.45) is 5.92 Å². The fourth-order valence-corrected chi connectivity index (χ4v) is 6.26. The minimum atomic E-state index is -0.371. The normalized spacial score (nSPS) is 16.2. The zero-order valence-electron chi connectivity index (χ0n) is 22.4. The van der Waals surface area contributed by atoms with Crippen molar-refractivity contribution in [2.75, 3.05) is 33.3 Å². The molecule has 1 aliphatic heterocycles. The topological polar surface area (TPSA) is 53.2 Å². The maximum Gasteiger partial charge on any atom is 0.119 e. The lowest BCUT2D eigenvalue weighted by Crippen LogP contribution is -2.60. The summed E-state index contributed by atoms with van der Waals surface area (Å²) in [5, 5.41) is 3.58. The second-order valence-corrected chi connectivity index (χ2v) is 10.2. The number of aryl methyl sites for hydroxylation is 1. The fourth-order valence-electron chi connectivity index (χ4n) is 6.26. The number of piperazine rings is 1. The number of benzene rings is 3. The lowest BCUT2D eigenvalue weighted by atomic mass is 9.65. The summed E-state index contributed by atoms with van der Waals surface area (Å²) >= 11 is 0. The Morgan fingerprint density at radius 1 is 0.865 bits per heavy atom. The first-order chi connectivity index (χ1) is 18.1. The molecule has 0 spiro atoms. The van der Waals surface area contributed by atoms with Crippen LogP contribution in [0.2, 0.25) is 0 Å². The molecule has 1 unspecified atom stereocenters. The number of nitrogens with zero attached hydrogens (tertiary/aromatic N) is 2. The van der Waals surface area contributed by atoms with Gasteiger partial charge in [0.15, 0.2) is 0 Å². The Morgan fingerprint density at radius 3 is 2.05 bits per heavy atom. The summed E-state index contributed by atoms with van der Waals surface area (Å²) in [5.41, 5.74) is 5.49. The number of nitrogens with one attached hydrogen (secondary N) is 2. The average Bonchev–Trinajstić information content (AvgIpc) is 3.34. The van der Waals surface area contributed by atoms with E-state index in [1.807, 2.05) is 6.07 Å². The number of ether oxygens (including phenoxy) is 1. The van der Waals surface area contributed by atoms with Gasteiger partial charge >= 0.3 is 0 Å². The van der Waals surface area contributed by atoms with E-state index in [1.54, 1.807) is 7.11 Å². The minimum absolute atomic E-state index is 0.0946. The van der Waals surface area contributed by atoms with Gasteiger partial charge in [-0.2, -0.15) is 0 Å². The van der Waals surface area contributed by atoms with E-state index in [0.717, 1.165) is 49.0 Å². The van der Waals surface area contributed by atoms with Crippen molar-refractivity contribution in [3.8, 4) is 17.0 Å². The van der Waals surface area contributed by atoms with Crippen LogP contribution in [-0.4, -0.2) is 48.2 Å². The molecule has 5 nitrogen and oxygen atoms in total. The largest absolute Gasteiger partial charge is 0.497 e.